The number of benzene rings is 2. The van der Waals surface area contributed by atoms with E-state index in [0.717, 1.165) is 37.1 Å². The van der Waals surface area contributed by atoms with Crippen molar-refractivity contribution in [2.45, 2.75) is 87.6 Å². The third kappa shape index (κ3) is 13.5. The highest BCUT2D eigenvalue weighted by Crippen LogP contribution is 2.34. The van der Waals surface area contributed by atoms with Gasteiger partial charge in [0.2, 0.25) is 5.82 Å². The standard InChI is InChI=1S/C25H26F2N6O6.C15H15F2NO2.C10H12IN5O4/c26-15-5-4-14(10-16(15)27)38-25(37)32-8-6-13(7-9-32)2-1-3-18-30-22(28)19-23(31-18)33(12-29-19)24-21(36)20(35)17(11-34)39-24;1-2-3-11-6-8-18(9-7-11)15(19)20-12-4-5-13(16)14(17)10-12;11-10-14-7(12)4-8(15-10)16(2-13-4)9-6(19)5(18)3(1-17)20-9/h4-5,10,12-13,17,20-21,24,34-36H,2,6-9,11H2,(H2,28,30,31);1,4-5,10-11H,3,6-9H2;2-3,5-6,9,17-19H,1H2,(H2,12,14,15)/t17-,20?,21+,24-;;3-,5?,6+,9-/m1.1/s1. The van der Waals surface area contributed by atoms with Gasteiger partial charge in [-0.05, 0) is 67.7 Å². The Morgan fingerprint density at radius 2 is 1.10 bits per heavy atom. The zero-order chi connectivity index (χ0) is 56.7. The van der Waals surface area contributed by atoms with Crippen molar-refractivity contribution in [3.63, 3.8) is 0 Å². The molecule has 10 N–H and O–H groups in total. The summed E-state index contributed by atoms with van der Waals surface area (Å²) in [4.78, 5) is 52.3. The van der Waals surface area contributed by atoms with E-state index in [0.29, 0.717) is 72.8 Å². The van der Waals surface area contributed by atoms with E-state index in [1.54, 1.807) is 4.90 Å². The Balaban J connectivity index is 0.000000172. The number of likely N-dealkylation sites (tertiary alicyclic amines) is 2. The molecule has 4 aromatic heterocycles. The van der Waals surface area contributed by atoms with Gasteiger partial charge in [-0.2, -0.15) is 0 Å². The number of imidazole rings is 2. The summed E-state index contributed by atoms with van der Waals surface area (Å²) >= 11 is 1.92. The molecule has 0 aliphatic carbocycles. The van der Waals surface area contributed by atoms with Gasteiger partial charge >= 0.3 is 12.2 Å². The Morgan fingerprint density at radius 3 is 1.53 bits per heavy atom. The van der Waals surface area contributed by atoms with Crippen LogP contribution in [-0.4, -0.2) is 168 Å². The fraction of sp³-hybridized carbons (Fsp3) is 0.440. The maximum absolute atomic E-state index is 13.3. The fourth-order valence-electron chi connectivity index (χ4n) is 8.99. The first-order valence-corrected chi connectivity index (χ1v) is 25.6. The molecule has 8 heterocycles. The van der Waals surface area contributed by atoms with E-state index < -0.39 is 97.7 Å². The number of aromatic nitrogens is 8. The molecule has 0 bridgehead atoms. The molecule has 2 amide bonds. The van der Waals surface area contributed by atoms with Crippen molar-refractivity contribution in [1.29, 1.82) is 0 Å². The molecule has 0 saturated carbocycles. The molecular weight excluding hydrogens is 1160 g/mol. The van der Waals surface area contributed by atoms with Gasteiger partial charge in [0, 0.05) is 73.7 Å². The lowest BCUT2D eigenvalue weighted by atomic mass is 9.94. The molecule has 2 aromatic carbocycles. The minimum atomic E-state index is -1.31. The summed E-state index contributed by atoms with van der Waals surface area (Å²) in [7, 11) is 0. The number of hydrogen-bond donors (Lipinski definition) is 8. The highest BCUT2D eigenvalue weighted by Gasteiger charge is 2.45. The van der Waals surface area contributed by atoms with E-state index >= 15 is 0 Å². The SMILES string of the molecule is C#CCC1CCN(C(=O)Oc2ccc(F)c(F)c2)CC1.Nc1nc(C#CCC2CCN(C(=O)Oc3ccc(F)c(F)c3)CC2)nc2c1ncn2[C@@H]1O[C@H](CO)C(O)[C@@H]1O.Nc1nc(I)nc2c1ncn2[C@@H]1O[C@H](CO)C(O)[C@@H]1O. The number of nitrogen functional groups attached to an aromatic ring is 2. The van der Waals surface area contributed by atoms with E-state index in [1.165, 1.54) is 38.8 Å². The quantitative estimate of drug-likeness (QED) is 0.0470. The van der Waals surface area contributed by atoms with Gasteiger partial charge in [-0.1, -0.05) is 5.92 Å². The second-order valence-electron chi connectivity index (χ2n) is 18.6. The van der Waals surface area contributed by atoms with Gasteiger partial charge in [-0.3, -0.25) is 9.13 Å². The van der Waals surface area contributed by atoms with Crippen molar-refractivity contribution >= 4 is 68.7 Å². The van der Waals surface area contributed by atoms with Crippen molar-refractivity contribution in [2.24, 2.45) is 11.8 Å². The van der Waals surface area contributed by atoms with Crippen LogP contribution in [0, 0.1) is 63.1 Å². The number of carbonyl (C=O) groups excluding carboxylic acids is 2. The highest BCUT2D eigenvalue weighted by molar-refractivity contribution is 14.1. The molecule has 0 spiro atoms. The highest BCUT2D eigenvalue weighted by atomic mass is 127. The average molecular weight is 1220 g/mol. The number of nitrogens with two attached hydrogens (primary N) is 2. The van der Waals surface area contributed by atoms with Gasteiger partial charge in [0.1, 0.15) is 59.2 Å². The van der Waals surface area contributed by atoms with E-state index in [-0.39, 0.29) is 46.0 Å². The van der Waals surface area contributed by atoms with Gasteiger partial charge < -0.3 is 70.9 Å². The average Bonchev–Trinajstić information content (AvgIpc) is 4.24. The van der Waals surface area contributed by atoms with Crippen LogP contribution in [0.25, 0.3) is 22.3 Å². The van der Waals surface area contributed by atoms with Gasteiger partial charge in [0.15, 0.2) is 62.5 Å². The first-order chi connectivity index (χ1) is 37.9. The molecule has 8 atom stereocenters. The number of aliphatic hydroxyl groups is 6. The number of nitrogens with zero attached hydrogens (tertiary/aromatic N) is 10. The summed E-state index contributed by atoms with van der Waals surface area (Å²) in [5.74, 6) is 5.46. The molecule has 4 saturated heterocycles. The Labute approximate surface area is 460 Å². The Bertz CT molecular complexity index is 3260. The summed E-state index contributed by atoms with van der Waals surface area (Å²) in [6.07, 6.45) is 2.37. The number of carbonyl (C=O) groups is 2. The molecule has 420 valence electrons. The normalized spacial score (nSPS) is 23.3. The number of fused-ring (bicyclic) bond motifs is 2. The van der Waals surface area contributed by atoms with Crippen LogP contribution in [0.1, 0.15) is 56.8 Å². The Kier molecular flexibility index (Phi) is 19.0. The number of aliphatic hydroxyl groups excluding tert-OH is 6. The molecule has 29 heteroatoms. The van der Waals surface area contributed by atoms with Crippen LogP contribution in [0.4, 0.5) is 38.8 Å². The largest absolute Gasteiger partial charge is 0.415 e. The van der Waals surface area contributed by atoms with Crippen molar-refractivity contribution in [3.8, 4) is 35.7 Å². The maximum Gasteiger partial charge on any atom is 0.415 e. The molecule has 24 nitrogen and oxygen atoms in total. The van der Waals surface area contributed by atoms with Crippen LogP contribution in [0.5, 0.6) is 11.5 Å². The zero-order valence-corrected chi connectivity index (χ0v) is 43.8. The van der Waals surface area contributed by atoms with E-state index in [4.69, 9.17) is 41.9 Å². The maximum atomic E-state index is 13.3. The molecular formula is C50H53F4IN12O12. The summed E-state index contributed by atoms with van der Waals surface area (Å²) < 4.78 is 76.7. The van der Waals surface area contributed by atoms with Crippen LogP contribution in [0.15, 0.2) is 49.1 Å². The Hall–Kier alpha value is -7.07. The lowest BCUT2D eigenvalue weighted by Gasteiger charge is -2.30. The number of rotatable bonds is 8. The fourth-order valence-corrected chi connectivity index (χ4v) is 9.48. The second-order valence-corrected chi connectivity index (χ2v) is 19.5. The summed E-state index contributed by atoms with van der Waals surface area (Å²) in [5.41, 5.74) is 13.1. The van der Waals surface area contributed by atoms with Crippen LogP contribution < -0.4 is 20.9 Å². The number of hydrogen-bond acceptors (Lipinski definition) is 20. The number of terminal acetylenes is 1. The van der Waals surface area contributed by atoms with Crippen LogP contribution in [0.3, 0.4) is 0 Å². The minimum absolute atomic E-state index is 0.000326. The van der Waals surface area contributed by atoms with Crippen LogP contribution >= 0.6 is 22.6 Å². The van der Waals surface area contributed by atoms with Gasteiger partial charge in [-0.15, -0.1) is 12.3 Å². The van der Waals surface area contributed by atoms with Gasteiger partial charge in [-0.25, -0.2) is 57.1 Å². The number of amides is 2. The van der Waals surface area contributed by atoms with Crippen LogP contribution in [0.2, 0.25) is 0 Å². The first-order valence-electron chi connectivity index (χ1n) is 24.5. The van der Waals surface area contributed by atoms with Crippen LogP contribution in [-0.2, 0) is 9.47 Å². The van der Waals surface area contributed by atoms with E-state index in [1.807, 2.05) is 22.6 Å². The monoisotopic (exact) mass is 1220 g/mol. The number of halogens is 5. The molecule has 0 radical (unpaired) electrons. The topological polar surface area (TPSA) is 338 Å². The molecule has 79 heavy (non-hydrogen) atoms. The second kappa shape index (κ2) is 25.8. The van der Waals surface area contributed by atoms with Gasteiger partial charge in [0.05, 0.1) is 25.9 Å². The number of piperidine rings is 2. The molecule has 4 aliphatic rings. The number of ether oxygens (including phenoxy) is 4. The molecule has 10 rings (SSSR count). The zero-order valence-electron chi connectivity index (χ0n) is 41.6. The van der Waals surface area contributed by atoms with Gasteiger partial charge in [0.25, 0.3) is 0 Å². The summed E-state index contributed by atoms with van der Waals surface area (Å²) in [6, 6.07) is 5.92. The van der Waals surface area contributed by atoms with E-state index in [2.05, 4.69) is 47.7 Å². The predicted molar refractivity (Wildman–Crippen MR) is 277 cm³/mol. The van der Waals surface area contributed by atoms with Crippen molar-refractivity contribution in [2.75, 3.05) is 50.9 Å². The molecule has 4 aliphatic heterocycles. The smallest absolute Gasteiger partial charge is 0.410 e. The molecule has 2 unspecified atom stereocenters. The van der Waals surface area contributed by atoms with Crippen molar-refractivity contribution < 1.29 is 76.7 Å². The Morgan fingerprint density at radius 1 is 0.658 bits per heavy atom. The predicted octanol–water partition coefficient (Wildman–Crippen LogP) is 2.77. The summed E-state index contributed by atoms with van der Waals surface area (Å²) in [6.45, 7) is 1.12. The molecule has 4 fully saturated rings. The van der Waals surface area contributed by atoms with Crippen molar-refractivity contribution in [1.82, 2.24) is 48.8 Å². The lowest BCUT2D eigenvalue weighted by molar-refractivity contribution is -0.0511. The number of anilines is 2. The minimum Gasteiger partial charge on any atom is -0.410 e. The lowest BCUT2D eigenvalue weighted by Crippen LogP contribution is -2.40. The third-order valence-corrected chi connectivity index (χ3v) is 13.9. The summed E-state index contributed by atoms with van der Waals surface area (Å²) in [5, 5.41) is 58.7. The van der Waals surface area contributed by atoms with E-state index in [9.17, 15) is 52.7 Å². The van der Waals surface area contributed by atoms with Crippen molar-refractivity contribution in [3.05, 3.63) is 82.0 Å². The molecule has 6 aromatic rings. The first kappa shape index (κ1) is 58.1. The third-order valence-electron chi connectivity index (χ3n) is 13.4.